The lowest BCUT2D eigenvalue weighted by molar-refractivity contribution is -0.179. The highest BCUT2D eigenvalue weighted by atomic mass is 32.2. The first kappa shape index (κ1) is 18.2. The summed E-state index contributed by atoms with van der Waals surface area (Å²) in [7, 11) is 0. The molecule has 0 aliphatic carbocycles. The maximum atomic E-state index is 11.8. The number of aliphatic carboxylic acids is 3. The Balaban J connectivity index is 5.32. The summed E-state index contributed by atoms with van der Waals surface area (Å²) in [4.78, 5) is 44.4. The quantitative estimate of drug-likeness (QED) is 0.334. The molecule has 0 aromatic rings. The van der Waals surface area contributed by atoms with Crippen LogP contribution in [-0.2, 0) is 19.2 Å². The van der Waals surface area contributed by atoms with Crippen molar-refractivity contribution in [1.29, 1.82) is 0 Å². The van der Waals surface area contributed by atoms with Gasteiger partial charge in [0.25, 0.3) is 11.5 Å². The highest BCUT2D eigenvalue weighted by molar-refractivity contribution is 7.98. The molecule has 20 heavy (non-hydrogen) atoms. The summed E-state index contributed by atoms with van der Waals surface area (Å²) in [5.74, 6) is -8.81. The number of rotatable bonds is 8. The molecule has 0 aromatic heterocycles. The smallest absolute Gasteiger partial charge is 0.346 e. The molecule has 0 radical (unpaired) electrons. The molecular weight excluding hydrogens is 294 g/mol. The molecular formula is C10H15NO8S. The fourth-order valence-electron chi connectivity index (χ4n) is 1.27. The predicted octanol–water partition coefficient (Wildman–Crippen LogP) is -1.54. The molecule has 114 valence electrons. The normalized spacial score (nSPS) is 16.6. The molecule has 0 rings (SSSR count). The van der Waals surface area contributed by atoms with Crippen molar-refractivity contribution in [3.05, 3.63) is 0 Å². The number of carboxylic acid groups (broad SMARTS) is 3. The average Bonchev–Trinajstić information content (AvgIpc) is 2.35. The lowest BCUT2D eigenvalue weighted by Crippen LogP contribution is -2.61. The fraction of sp³-hybridized carbons (Fsp3) is 0.600. The van der Waals surface area contributed by atoms with Crippen molar-refractivity contribution in [2.45, 2.75) is 18.6 Å². The van der Waals surface area contributed by atoms with Crippen LogP contribution in [0.3, 0.4) is 0 Å². The number of thioether (sulfide) groups is 1. The van der Waals surface area contributed by atoms with Gasteiger partial charge in [0.15, 0.2) is 0 Å². The van der Waals surface area contributed by atoms with Gasteiger partial charge in [0.1, 0.15) is 12.0 Å². The van der Waals surface area contributed by atoms with Gasteiger partial charge in [-0.2, -0.15) is 11.8 Å². The zero-order chi connectivity index (χ0) is 16.1. The molecule has 0 bridgehead atoms. The zero-order valence-corrected chi connectivity index (χ0v) is 11.5. The number of carbonyl (C=O) groups excluding carboxylic acids is 1. The van der Waals surface area contributed by atoms with E-state index in [1.54, 1.807) is 6.26 Å². The van der Waals surface area contributed by atoms with Crippen LogP contribution in [0, 0.1) is 5.92 Å². The third-order valence-electron chi connectivity index (χ3n) is 2.61. The Morgan fingerprint density at radius 2 is 1.65 bits per heavy atom. The second-order valence-corrected chi connectivity index (χ2v) is 4.86. The van der Waals surface area contributed by atoms with Gasteiger partial charge in [0, 0.05) is 5.75 Å². The molecule has 3 atom stereocenters. The molecule has 0 aliphatic rings. The molecule has 0 heterocycles. The summed E-state index contributed by atoms with van der Waals surface area (Å²) in [5, 5.41) is 38.1. The predicted molar refractivity (Wildman–Crippen MR) is 67.3 cm³/mol. The lowest BCUT2D eigenvalue weighted by Gasteiger charge is -2.27. The average molecular weight is 309 g/mol. The number of hydrogen-bond donors (Lipinski definition) is 5. The van der Waals surface area contributed by atoms with Crippen molar-refractivity contribution >= 4 is 35.6 Å². The van der Waals surface area contributed by atoms with Gasteiger partial charge in [-0.1, -0.05) is 0 Å². The third kappa shape index (κ3) is 3.84. The Kier molecular flexibility index (Phi) is 6.46. The van der Waals surface area contributed by atoms with E-state index in [0.29, 0.717) is 0 Å². The van der Waals surface area contributed by atoms with Crippen LogP contribution in [-0.4, -0.2) is 67.9 Å². The van der Waals surface area contributed by atoms with Gasteiger partial charge in [-0.15, -0.1) is 0 Å². The van der Waals surface area contributed by atoms with Crippen LogP contribution in [0.4, 0.5) is 0 Å². The summed E-state index contributed by atoms with van der Waals surface area (Å²) in [6.07, 6.45) is 1.56. The Labute approximate surface area is 118 Å². The highest BCUT2D eigenvalue weighted by Crippen LogP contribution is 2.19. The van der Waals surface area contributed by atoms with Crippen molar-refractivity contribution in [3.63, 3.8) is 0 Å². The Bertz CT molecular complexity index is 425. The Hall–Kier alpha value is -1.81. The van der Waals surface area contributed by atoms with E-state index in [0.717, 1.165) is 18.7 Å². The minimum Gasteiger partial charge on any atom is -0.481 e. The van der Waals surface area contributed by atoms with E-state index in [1.807, 2.05) is 5.32 Å². The van der Waals surface area contributed by atoms with Gasteiger partial charge in [-0.3, -0.25) is 9.59 Å². The topological polar surface area (TPSA) is 161 Å². The van der Waals surface area contributed by atoms with Crippen LogP contribution in [0.15, 0.2) is 0 Å². The number of hydrogen-bond acceptors (Lipinski definition) is 6. The van der Waals surface area contributed by atoms with E-state index in [9.17, 15) is 24.3 Å². The first-order valence-electron chi connectivity index (χ1n) is 5.30. The van der Waals surface area contributed by atoms with Crippen molar-refractivity contribution in [2.75, 3.05) is 12.0 Å². The minimum absolute atomic E-state index is 0.0712. The highest BCUT2D eigenvalue weighted by Gasteiger charge is 2.53. The molecule has 0 aliphatic heterocycles. The molecule has 9 nitrogen and oxygen atoms in total. The van der Waals surface area contributed by atoms with Crippen LogP contribution in [0.1, 0.15) is 6.92 Å². The Morgan fingerprint density at radius 1 is 1.15 bits per heavy atom. The summed E-state index contributed by atoms with van der Waals surface area (Å²) in [5.41, 5.74) is -3.25. The SMILES string of the molecule is CSCC(NC(=O)C(O)(C(=O)O)C(C)C(=O)O)C(=O)O. The van der Waals surface area contributed by atoms with Crippen LogP contribution < -0.4 is 5.32 Å². The van der Waals surface area contributed by atoms with Crippen LogP contribution in [0.2, 0.25) is 0 Å². The van der Waals surface area contributed by atoms with E-state index in [-0.39, 0.29) is 5.75 Å². The second kappa shape index (κ2) is 7.10. The fourth-order valence-corrected chi connectivity index (χ4v) is 1.83. The van der Waals surface area contributed by atoms with Gasteiger partial charge in [-0.05, 0) is 13.2 Å². The largest absolute Gasteiger partial charge is 0.481 e. The molecule has 0 saturated heterocycles. The molecule has 10 heteroatoms. The molecule has 3 unspecified atom stereocenters. The maximum absolute atomic E-state index is 11.8. The van der Waals surface area contributed by atoms with Crippen LogP contribution in [0.5, 0.6) is 0 Å². The summed E-state index contributed by atoms with van der Waals surface area (Å²) < 4.78 is 0. The molecule has 5 N–H and O–H groups in total. The zero-order valence-electron chi connectivity index (χ0n) is 10.7. The molecule has 1 amide bonds. The minimum atomic E-state index is -3.25. The monoisotopic (exact) mass is 309 g/mol. The number of amides is 1. The lowest BCUT2D eigenvalue weighted by atomic mass is 9.87. The second-order valence-electron chi connectivity index (χ2n) is 3.95. The number of aliphatic hydroxyl groups is 1. The standard InChI is InChI=1S/C10H15NO8S/c1-4(6(12)13)10(19,9(17)18)8(16)11-5(3-20-2)7(14)15/h4-5,19H,3H2,1-2H3,(H,11,16)(H,12,13)(H,14,15)(H,17,18). The van der Waals surface area contributed by atoms with E-state index in [2.05, 4.69) is 0 Å². The van der Waals surface area contributed by atoms with Crippen molar-refractivity contribution < 1.29 is 39.6 Å². The maximum Gasteiger partial charge on any atom is 0.346 e. The van der Waals surface area contributed by atoms with Crippen LogP contribution >= 0.6 is 11.8 Å². The van der Waals surface area contributed by atoms with E-state index < -0.39 is 41.4 Å². The van der Waals surface area contributed by atoms with Gasteiger partial charge in [0.2, 0.25) is 0 Å². The van der Waals surface area contributed by atoms with Crippen molar-refractivity contribution in [2.24, 2.45) is 5.92 Å². The van der Waals surface area contributed by atoms with E-state index >= 15 is 0 Å². The number of carboxylic acids is 3. The number of carbonyl (C=O) groups is 4. The first-order valence-corrected chi connectivity index (χ1v) is 6.69. The van der Waals surface area contributed by atoms with Crippen molar-refractivity contribution in [1.82, 2.24) is 5.32 Å². The summed E-state index contributed by atoms with van der Waals surface area (Å²) in [6.45, 7) is 0.834. The first-order chi connectivity index (χ1) is 9.08. The summed E-state index contributed by atoms with van der Waals surface area (Å²) in [6, 6.07) is -1.44. The van der Waals surface area contributed by atoms with Crippen molar-refractivity contribution in [3.8, 4) is 0 Å². The van der Waals surface area contributed by atoms with Gasteiger partial charge < -0.3 is 25.7 Å². The van der Waals surface area contributed by atoms with Gasteiger partial charge in [0.05, 0.1) is 0 Å². The summed E-state index contributed by atoms with van der Waals surface area (Å²) >= 11 is 1.07. The van der Waals surface area contributed by atoms with Gasteiger partial charge in [-0.25, -0.2) is 9.59 Å². The van der Waals surface area contributed by atoms with Crippen LogP contribution in [0.25, 0.3) is 0 Å². The van der Waals surface area contributed by atoms with Gasteiger partial charge >= 0.3 is 17.9 Å². The van der Waals surface area contributed by atoms with E-state index in [1.165, 1.54) is 0 Å². The molecule has 0 aromatic carbocycles. The molecule has 0 saturated carbocycles. The molecule has 0 spiro atoms. The molecule has 0 fully saturated rings. The van der Waals surface area contributed by atoms with E-state index in [4.69, 9.17) is 15.3 Å². The third-order valence-corrected chi connectivity index (χ3v) is 3.27. The number of nitrogens with one attached hydrogen (secondary N) is 1. The Morgan fingerprint density at radius 3 is 1.95 bits per heavy atom.